The largest absolute Gasteiger partial charge is 0.444 e. The maximum absolute atomic E-state index is 5.84. The van der Waals surface area contributed by atoms with Crippen LogP contribution < -0.4 is 0 Å². The fourth-order valence-electron chi connectivity index (χ4n) is 1.29. The summed E-state index contributed by atoms with van der Waals surface area (Å²) in [4.78, 5) is 4.12. The Hall–Kier alpha value is -0.500. The molecule has 1 rings (SSSR count). The summed E-state index contributed by atoms with van der Waals surface area (Å²) in [7, 11) is 0. The third-order valence-corrected chi connectivity index (χ3v) is 2.28. The van der Waals surface area contributed by atoms with E-state index in [0.29, 0.717) is 11.8 Å². The van der Waals surface area contributed by atoms with E-state index in [4.69, 9.17) is 16.0 Å². The molecular weight excluding hydrogens is 186 g/mol. The van der Waals surface area contributed by atoms with E-state index in [-0.39, 0.29) is 5.38 Å². The van der Waals surface area contributed by atoms with Crippen molar-refractivity contribution in [2.24, 2.45) is 0 Å². The molecule has 3 heteroatoms. The highest BCUT2D eigenvalue weighted by Crippen LogP contribution is 2.25. The molecule has 1 aromatic heterocycles. The first-order valence-electron chi connectivity index (χ1n) is 4.74. The summed E-state index contributed by atoms with van der Waals surface area (Å²) < 4.78 is 5.52. The van der Waals surface area contributed by atoms with Crippen LogP contribution in [-0.2, 0) is 0 Å². The summed E-state index contributed by atoms with van der Waals surface area (Å²) in [5.41, 5.74) is 0. The molecule has 13 heavy (non-hydrogen) atoms. The van der Waals surface area contributed by atoms with E-state index in [1.807, 2.05) is 6.92 Å². The van der Waals surface area contributed by atoms with Crippen molar-refractivity contribution in [3.05, 3.63) is 17.8 Å². The molecule has 0 amide bonds. The van der Waals surface area contributed by atoms with E-state index < -0.39 is 0 Å². The van der Waals surface area contributed by atoms with Gasteiger partial charge in [-0.05, 0) is 13.3 Å². The van der Waals surface area contributed by atoms with E-state index in [1.54, 1.807) is 6.20 Å². The van der Waals surface area contributed by atoms with Crippen molar-refractivity contribution in [2.45, 2.75) is 44.9 Å². The molecule has 0 N–H and O–H groups in total. The van der Waals surface area contributed by atoms with E-state index in [9.17, 15) is 0 Å². The van der Waals surface area contributed by atoms with Gasteiger partial charge in [0, 0.05) is 5.92 Å². The van der Waals surface area contributed by atoms with Crippen LogP contribution >= 0.6 is 11.6 Å². The first-order valence-corrected chi connectivity index (χ1v) is 5.18. The molecule has 1 heterocycles. The Morgan fingerprint density at radius 2 is 2.23 bits per heavy atom. The molecule has 2 nitrogen and oxygen atoms in total. The zero-order chi connectivity index (χ0) is 9.84. The van der Waals surface area contributed by atoms with Gasteiger partial charge in [0.1, 0.15) is 11.1 Å². The second-order valence-corrected chi connectivity index (χ2v) is 4.06. The van der Waals surface area contributed by atoms with Gasteiger partial charge in [-0.2, -0.15) is 0 Å². The van der Waals surface area contributed by atoms with Crippen LogP contribution in [0.5, 0.6) is 0 Å². The SMILES string of the molecule is CCCC(C)c1cnc(C(C)Cl)o1. The van der Waals surface area contributed by atoms with E-state index in [2.05, 4.69) is 18.8 Å². The molecule has 0 bridgehead atoms. The van der Waals surface area contributed by atoms with Crippen LogP contribution in [0.15, 0.2) is 10.6 Å². The molecule has 0 aromatic carbocycles. The van der Waals surface area contributed by atoms with Crippen LogP contribution in [0.3, 0.4) is 0 Å². The predicted octanol–water partition coefficient (Wildman–Crippen LogP) is 3.88. The van der Waals surface area contributed by atoms with Gasteiger partial charge < -0.3 is 4.42 Å². The normalized spacial score (nSPS) is 15.7. The van der Waals surface area contributed by atoms with E-state index in [1.165, 1.54) is 0 Å². The summed E-state index contributed by atoms with van der Waals surface area (Å²) >= 11 is 5.84. The molecule has 2 atom stereocenters. The first kappa shape index (κ1) is 10.6. The molecule has 0 saturated carbocycles. The molecule has 74 valence electrons. The summed E-state index contributed by atoms with van der Waals surface area (Å²) in [6.45, 7) is 6.17. The maximum Gasteiger partial charge on any atom is 0.212 e. The fourth-order valence-corrected chi connectivity index (χ4v) is 1.39. The minimum Gasteiger partial charge on any atom is -0.444 e. The highest BCUT2D eigenvalue weighted by molar-refractivity contribution is 6.20. The number of aromatic nitrogens is 1. The third kappa shape index (κ3) is 2.73. The highest BCUT2D eigenvalue weighted by Gasteiger charge is 2.13. The van der Waals surface area contributed by atoms with E-state index in [0.717, 1.165) is 18.6 Å². The van der Waals surface area contributed by atoms with Crippen molar-refractivity contribution >= 4 is 11.6 Å². The number of hydrogen-bond donors (Lipinski definition) is 0. The Morgan fingerprint density at radius 3 is 2.69 bits per heavy atom. The van der Waals surface area contributed by atoms with Crippen molar-refractivity contribution in [2.75, 3.05) is 0 Å². The second kappa shape index (κ2) is 4.66. The van der Waals surface area contributed by atoms with Gasteiger partial charge in [-0.3, -0.25) is 0 Å². The van der Waals surface area contributed by atoms with Crippen LogP contribution in [0.25, 0.3) is 0 Å². The average molecular weight is 202 g/mol. The van der Waals surface area contributed by atoms with Crippen molar-refractivity contribution in [3.63, 3.8) is 0 Å². The maximum atomic E-state index is 5.84. The smallest absolute Gasteiger partial charge is 0.212 e. The van der Waals surface area contributed by atoms with Gasteiger partial charge in [0.2, 0.25) is 5.89 Å². The minimum absolute atomic E-state index is 0.137. The Bertz CT molecular complexity index is 257. The molecule has 0 spiro atoms. The Morgan fingerprint density at radius 1 is 1.54 bits per heavy atom. The zero-order valence-electron chi connectivity index (χ0n) is 8.38. The third-order valence-electron chi connectivity index (χ3n) is 2.09. The minimum atomic E-state index is -0.137. The monoisotopic (exact) mass is 201 g/mol. The number of rotatable bonds is 4. The lowest BCUT2D eigenvalue weighted by molar-refractivity contribution is 0.422. The van der Waals surface area contributed by atoms with Gasteiger partial charge in [-0.1, -0.05) is 20.3 Å². The lowest BCUT2D eigenvalue weighted by atomic mass is 10.0. The standard InChI is InChI=1S/C10H16ClNO/c1-4-5-7(2)9-6-12-10(13-9)8(3)11/h6-8H,4-5H2,1-3H3. The lowest BCUT2D eigenvalue weighted by Crippen LogP contribution is -1.89. The van der Waals surface area contributed by atoms with E-state index >= 15 is 0 Å². The van der Waals surface area contributed by atoms with Crippen LogP contribution in [-0.4, -0.2) is 4.98 Å². The Kier molecular flexibility index (Phi) is 3.79. The van der Waals surface area contributed by atoms with Crippen LogP contribution in [0.2, 0.25) is 0 Å². The van der Waals surface area contributed by atoms with Gasteiger partial charge in [-0.15, -0.1) is 11.6 Å². The summed E-state index contributed by atoms with van der Waals surface area (Å²) in [5.74, 6) is 2.02. The first-order chi connectivity index (χ1) is 6.15. The quantitative estimate of drug-likeness (QED) is 0.691. The zero-order valence-corrected chi connectivity index (χ0v) is 9.14. The van der Waals surface area contributed by atoms with Crippen molar-refractivity contribution in [1.82, 2.24) is 4.98 Å². The Balaban J connectivity index is 2.67. The molecule has 0 aliphatic heterocycles. The molecule has 0 saturated heterocycles. The second-order valence-electron chi connectivity index (χ2n) is 3.41. The number of oxazole rings is 1. The molecular formula is C10H16ClNO. The number of halogens is 1. The van der Waals surface area contributed by atoms with Crippen molar-refractivity contribution in [1.29, 1.82) is 0 Å². The molecule has 0 fully saturated rings. The van der Waals surface area contributed by atoms with Crippen molar-refractivity contribution < 1.29 is 4.42 Å². The van der Waals surface area contributed by atoms with Crippen LogP contribution in [0, 0.1) is 0 Å². The highest BCUT2D eigenvalue weighted by atomic mass is 35.5. The predicted molar refractivity (Wildman–Crippen MR) is 54.1 cm³/mol. The molecule has 1 aromatic rings. The Labute approximate surface area is 84.3 Å². The summed E-state index contributed by atoms with van der Waals surface area (Å²) in [5, 5.41) is -0.137. The van der Waals surface area contributed by atoms with Gasteiger partial charge in [0.25, 0.3) is 0 Å². The van der Waals surface area contributed by atoms with Crippen LogP contribution in [0.4, 0.5) is 0 Å². The van der Waals surface area contributed by atoms with Crippen molar-refractivity contribution in [3.8, 4) is 0 Å². The number of nitrogens with zero attached hydrogens (tertiary/aromatic N) is 1. The topological polar surface area (TPSA) is 26.0 Å². The van der Waals surface area contributed by atoms with Crippen LogP contribution in [0.1, 0.15) is 56.6 Å². The molecule has 0 aliphatic carbocycles. The average Bonchev–Trinajstić information content (AvgIpc) is 2.52. The summed E-state index contributed by atoms with van der Waals surface area (Å²) in [6, 6.07) is 0. The van der Waals surface area contributed by atoms with Gasteiger partial charge >= 0.3 is 0 Å². The van der Waals surface area contributed by atoms with Gasteiger partial charge in [-0.25, -0.2) is 4.98 Å². The van der Waals surface area contributed by atoms with Gasteiger partial charge in [0.15, 0.2) is 0 Å². The summed E-state index contributed by atoms with van der Waals surface area (Å²) in [6.07, 6.45) is 4.08. The molecule has 2 unspecified atom stereocenters. The van der Waals surface area contributed by atoms with Gasteiger partial charge in [0.05, 0.1) is 6.20 Å². The lowest BCUT2D eigenvalue weighted by Gasteiger charge is -2.04. The number of alkyl halides is 1. The number of hydrogen-bond acceptors (Lipinski definition) is 2. The molecule has 0 radical (unpaired) electrons. The molecule has 0 aliphatic rings. The fraction of sp³-hybridized carbons (Fsp3) is 0.700.